The molecule has 0 bridgehead atoms. The normalized spacial score (nSPS) is 14.2. The maximum atomic E-state index is 12.8. The van der Waals surface area contributed by atoms with Gasteiger partial charge in [0.25, 0.3) is 0 Å². The maximum absolute atomic E-state index is 12.8. The van der Waals surface area contributed by atoms with Crippen molar-refractivity contribution in [2.45, 2.75) is 6.92 Å². The van der Waals surface area contributed by atoms with Crippen LogP contribution >= 0.6 is 0 Å². The molecule has 3 heterocycles. The summed E-state index contributed by atoms with van der Waals surface area (Å²) in [5.41, 5.74) is 2.87. The summed E-state index contributed by atoms with van der Waals surface area (Å²) < 4.78 is 1.73. The maximum Gasteiger partial charge on any atom is 0.323 e. The lowest BCUT2D eigenvalue weighted by Gasteiger charge is -2.35. The molecule has 1 aliphatic heterocycles. The first kappa shape index (κ1) is 18.0. The molecule has 8 heteroatoms. The second-order valence-corrected chi connectivity index (χ2v) is 6.78. The fraction of sp³-hybridized carbons (Fsp3) is 0.300. The van der Waals surface area contributed by atoms with Crippen molar-refractivity contribution in [3.8, 4) is 11.3 Å². The largest absolute Gasteiger partial charge is 0.352 e. The van der Waals surface area contributed by atoms with E-state index in [1.165, 1.54) is 0 Å². The minimum atomic E-state index is -0.107. The molecule has 1 aliphatic rings. The van der Waals surface area contributed by atoms with E-state index >= 15 is 0 Å². The molecule has 8 nitrogen and oxygen atoms in total. The molecule has 0 unspecified atom stereocenters. The molecule has 1 N–H and O–H groups in total. The Kier molecular flexibility index (Phi) is 4.92. The van der Waals surface area contributed by atoms with Crippen LogP contribution in [0.25, 0.3) is 11.3 Å². The van der Waals surface area contributed by atoms with Gasteiger partial charge in [-0.05, 0) is 6.92 Å². The average Bonchev–Trinajstić information content (AvgIpc) is 3.03. The van der Waals surface area contributed by atoms with E-state index in [0.29, 0.717) is 13.1 Å². The molecule has 3 aromatic rings. The second-order valence-electron chi connectivity index (χ2n) is 6.78. The van der Waals surface area contributed by atoms with E-state index in [9.17, 15) is 4.79 Å². The van der Waals surface area contributed by atoms with Crippen LogP contribution in [0.2, 0.25) is 0 Å². The van der Waals surface area contributed by atoms with E-state index in [2.05, 4.69) is 25.3 Å². The third-order valence-corrected chi connectivity index (χ3v) is 5.00. The van der Waals surface area contributed by atoms with Crippen molar-refractivity contribution in [1.29, 1.82) is 0 Å². The molecule has 0 spiro atoms. The third-order valence-electron chi connectivity index (χ3n) is 5.00. The molecule has 0 aliphatic carbocycles. The van der Waals surface area contributed by atoms with Crippen molar-refractivity contribution >= 4 is 17.7 Å². The van der Waals surface area contributed by atoms with E-state index in [0.717, 1.165) is 41.5 Å². The lowest BCUT2D eigenvalue weighted by Crippen LogP contribution is -2.50. The van der Waals surface area contributed by atoms with E-state index in [4.69, 9.17) is 0 Å². The Morgan fingerprint density at radius 2 is 1.82 bits per heavy atom. The molecular weight excluding hydrogens is 354 g/mol. The molecule has 28 heavy (non-hydrogen) atoms. The summed E-state index contributed by atoms with van der Waals surface area (Å²) in [5, 5.41) is 7.62. The Hall–Kier alpha value is -3.42. The predicted octanol–water partition coefficient (Wildman–Crippen LogP) is 2.54. The summed E-state index contributed by atoms with van der Waals surface area (Å²) in [6.45, 7) is 4.70. The van der Waals surface area contributed by atoms with Gasteiger partial charge in [-0.2, -0.15) is 5.10 Å². The minimum absolute atomic E-state index is 0.107. The third kappa shape index (κ3) is 3.53. The Morgan fingerprint density at radius 1 is 1.07 bits per heavy atom. The highest BCUT2D eigenvalue weighted by Crippen LogP contribution is 2.27. The topological polar surface area (TPSA) is 79.2 Å². The summed E-state index contributed by atoms with van der Waals surface area (Å²) >= 11 is 0. The number of amides is 2. The molecular formula is C20H23N7O. The lowest BCUT2D eigenvalue weighted by molar-refractivity contribution is 0.208. The van der Waals surface area contributed by atoms with Crippen molar-refractivity contribution in [3.05, 3.63) is 54.5 Å². The molecule has 1 fully saturated rings. The number of rotatable bonds is 3. The van der Waals surface area contributed by atoms with Gasteiger partial charge in [-0.1, -0.05) is 30.3 Å². The fourth-order valence-corrected chi connectivity index (χ4v) is 3.45. The summed E-state index contributed by atoms with van der Waals surface area (Å²) in [5.74, 6) is 1.57. The van der Waals surface area contributed by atoms with Crippen molar-refractivity contribution in [3.63, 3.8) is 0 Å². The van der Waals surface area contributed by atoms with Crippen LogP contribution in [-0.4, -0.2) is 56.9 Å². The highest BCUT2D eigenvalue weighted by Gasteiger charge is 2.24. The van der Waals surface area contributed by atoms with Crippen LogP contribution < -0.4 is 10.2 Å². The van der Waals surface area contributed by atoms with Gasteiger partial charge < -0.3 is 9.80 Å². The van der Waals surface area contributed by atoms with E-state index in [-0.39, 0.29) is 6.03 Å². The van der Waals surface area contributed by atoms with Crippen LogP contribution in [0.15, 0.2) is 48.9 Å². The molecule has 1 saturated heterocycles. The van der Waals surface area contributed by atoms with Gasteiger partial charge in [-0.15, -0.1) is 0 Å². The summed E-state index contributed by atoms with van der Waals surface area (Å²) in [6, 6.07) is 9.88. The van der Waals surface area contributed by atoms with Gasteiger partial charge in [0.1, 0.15) is 11.6 Å². The molecule has 1 aromatic carbocycles. The van der Waals surface area contributed by atoms with Crippen LogP contribution in [0.1, 0.15) is 5.56 Å². The van der Waals surface area contributed by atoms with Gasteiger partial charge in [0.05, 0.1) is 11.9 Å². The summed E-state index contributed by atoms with van der Waals surface area (Å²) in [6.07, 6.45) is 5.09. The van der Waals surface area contributed by atoms with Crippen molar-refractivity contribution in [1.82, 2.24) is 24.6 Å². The van der Waals surface area contributed by atoms with Crippen molar-refractivity contribution in [2.75, 3.05) is 36.4 Å². The monoisotopic (exact) mass is 377 g/mol. The van der Waals surface area contributed by atoms with Crippen LogP contribution in [-0.2, 0) is 7.05 Å². The summed E-state index contributed by atoms with van der Waals surface area (Å²) in [7, 11) is 1.85. The number of hydrogen-bond acceptors (Lipinski definition) is 5. The average molecular weight is 377 g/mol. The van der Waals surface area contributed by atoms with Crippen molar-refractivity contribution < 1.29 is 4.79 Å². The Morgan fingerprint density at radius 3 is 2.50 bits per heavy atom. The molecule has 0 radical (unpaired) electrons. The Balaban J connectivity index is 1.43. The number of benzene rings is 1. The molecule has 2 amide bonds. The first-order valence-electron chi connectivity index (χ1n) is 9.29. The zero-order valence-corrected chi connectivity index (χ0v) is 16.0. The Labute approximate surface area is 163 Å². The van der Waals surface area contributed by atoms with Gasteiger partial charge in [-0.25, -0.2) is 9.78 Å². The van der Waals surface area contributed by atoms with Crippen molar-refractivity contribution in [2.24, 2.45) is 7.05 Å². The van der Waals surface area contributed by atoms with Gasteiger partial charge in [-0.3, -0.25) is 15.0 Å². The van der Waals surface area contributed by atoms with E-state index in [1.807, 2.05) is 49.2 Å². The number of anilines is 2. The quantitative estimate of drug-likeness (QED) is 0.759. The first-order valence-corrected chi connectivity index (χ1v) is 9.29. The number of urea groups is 1. The zero-order chi connectivity index (χ0) is 19.5. The fourth-order valence-electron chi connectivity index (χ4n) is 3.45. The molecule has 2 aromatic heterocycles. The smallest absolute Gasteiger partial charge is 0.323 e. The van der Waals surface area contributed by atoms with Gasteiger partial charge in [0, 0.05) is 56.7 Å². The molecule has 4 rings (SSSR count). The SMILES string of the molecule is Cc1c(-c2ccccc2)nn(C)c1NC(=O)N1CCN(c2cnccn2)CC1. The lowest BCUT2D eigenvalue weighted by atomic mass is 10.1. The standard InChI is InChI=1S/C20H23N7O/c1-15-18(16-6-4-3-5-7-16)24-25(2)19(15)23-20(28)27-12-10-26(11-13-27)17-14-21-8-9-22-17/h3-9,14H,10-13H2,1-2H3,(H,23,28). The number of piperazine rings is 1. The van der Waals surface area contributed by atoms with E-state index < -0.39 is 0 Å². The van der Waals surface area contributed by atoms with Crippen LogP contribution in [0.4, 0.5) is 16.4 Å². The second kappa shape index (κ2) is 7.67. The molecule has 0 atom stereocenters. The summed E-state index contributed by atoms with van der Waals surface area (Å²) in [4.78, 5) is 25.2. The highest BCUT2D eigenvalue weighted by atomic mass is 16.2. The number of carbonyl (C=O) groups is 1. The highest BCUT2D eigenvalue weighted by molar-refractivity contribution is 5.90. The predicted molar refractivity (Wildman–Crippen MR) is 108 cm³/mol. The Bertz CT molecular complexity index is 947. The van der Waals surface area contributed by atoms with Gasteiger partial charge >= 0.3 is 6.03 Å². The van der Waals surface area contributed by atoms with E-state index in [1.54, 1.807) is 23.3 Å². The number of nitrogens with one attached hydrogen (secondary N) is 1. The molecule has 144 valence electrons. The minimum Gasteiger partial charge on any atom is -0.352 e. The number of aryl methyl sites for hydroxylation is 1. The number of aromatic nitrogens is 4. The van der Waals surface area contributed by atoms with Gasteiger partial charge in [0.2, 0.25) is 0 Å². The van der Waals surface area contributed by atoms with Crippen LogP contribution in [0.3, 0.4) is 0 Å². The number of carbonyl (C=O) groups excluding carboxylic acids is 1. The van der Waals surface area contributed by atoms with Crippen LogP contribution in [0, 0.1) is 6.92 Å². The number of nitrogens with zero attached hydrogens (tertiary/aromatic N) is 6. The van der Waals surface area contributed by atoms with Crippen LogP contribution in [0.5, 0.6) is 0 Å². The molecule has 0 saturated carbocycles. The zero-order valence-electron chi connectivity index (χ0n) is 16.0. The first-order chi connectivity index (χ1) is 13.6. The number of hydrogen-bond donors (Lipinski definition) is 1. The van der Waals surface area contributed by atoms with Gasteiger partial charge in [0.15, 0.2) is 0 Å².